The highest BCUT2D eigenvalue weighted by Crippen LogP contribution is 2.41. The van der Waals surface area contributed by atoms with Gasteiger partial charge in [0.1, 0.15) is 5.54 Å². The fourth-order valence-corrected chi connectivity index (χ4v) is 3.94. The highest BCUT2D eigenvalue weighted by atomic mass is 15.2. The summed E-state index contributed by atoms with van der Waals surface area (Å²) in [4.78, 5) is 2.54. The second-order valence-corrected chi connectivity index (χ2v) is 6.30. The van der Waals surface area contributed by atoms with E-state index in [0.717, 1.165) is 37.9 Å². The van der Waals surface area contributed by atoms with E-state index in [1.807, 2.05) is 0 Å². The van der Waals surface area contributed by atoms with Crippen LogP contribution in [-0.2, 0) is 0 Å². The molecule has 0 spiro atoms. The van der Waals surface area contributed by atoms with Gasteiger partial charge >= 0.3 is 0 Å². The fourth-order valence-electron chi connectivity index (χ4n) is 3.94. The summed E-state index contributed by atoms with van der Waals surface area (Å²) in [6.45, 7) is 1.98. The predicted octanol–water partition coefficient (Wildman–Crippen LogP) is 1.88. The third-order valence-corrected chi connectivity index (χ3v) is 5.09. The maximum absolute atomic E-state index is 9.37. The largest absolute Gasteiger partial charge is 0.312 e. The van der Waals surface area contributed by atoms with Crippen LogP contribution >= 0.6 is 0 Å². The number of likely N-dealkylation sites (tertiary alicyclic amines) is 1. The van der Waals surface area contributed by atoms with Gasteiger partial charge in [0, 0.05) is 12.6 Å². The monoisotopic (exact) mass is 233 g/mol. The average molecular weight is 233 g/mol. The molecule has 1 heterocycles. The van der Waals surface area contributed by atoms with Crippen LogP contribution in [0.3, 0.4) is 0 Å². The number of nitriles is 1. The van der Waals surface area contributed by atoms with Gasteiger partial charge in [-0.2, -0.15) is 5.26 Å². The van der Waals surface area contributed by atoms with Crippen LogP contribution in [0, 0.1) is 23.2 Å². The van der Waals surface area contributed by atoms with Gasteiger partial charge in [0.15, 0.2) is 0 Å². The SMILES string of the molecule is N#CC(N)(CN1CCCC2CCCC21)C1CC1. The standard InChI is InChI=1S/C14H23N3/c15-9-14(16,12-6-7-12)10-17-8-2-4-11-3-1-5-13(11)17/h11-13H,1-8,10,16H2. The Morgan fingerprint density at radius 1 is 1.18 bits per heavy atom. The van der Waals surface area contributed by atoms with Crippen molar-refractivity contribution in [1.82, 2.24) is 4.90 Å². The molecule has 3 unspecified atom stereocenters. The fraction of sp³-hybridized carbons (Fsp3) is 0.929. The van der Waals surface area contributed by atoms with Crippen LogP contribution in [0.1, 0.15) is 44.9 Å². The summed E-state index contributed by atoms with van der Waals surface area (Å²) in [5.74, 6) is 1.36. The maximum Gasteiger partial charge on any atom is 0.119 e. The zero-order valence-electron chi connectivity index (χ0n) is 10.6. The molecule has 0 amide bonds. The molecular formula is C14H23N3. The topological polar surface area (TPSA) is 53.1 Å². The Bertz CT molecular complexity index is 331. The zero-order valence-corrected chi connectivity index (χ0v) is 10.6. The number of nitrogens with two attached hydrogens (primary N) is 1. The Kier molecular flexibility index (Phi) is 2.88. The molecule has 0 aromatic heterocycles. The molecule has 0 aromatic rings. The van der Waals surface area contributed by atoms with Gasteiger partial charge in [-0.15, -0.1) is 0 Å². The van der Waals surface area contributed by atoms with Gasteiger partial charge in [-0.1, -0.05) is 6.42 Å². The summed E-state index contributed by atoms with van der Waals surface area (Å²) >= 11 is 0. The predicted molar refractivity (Wildman–Crippen MR) is 67.2 cm³/mol. The van der Waals surface area contributed by atoms with Crippen LogP contribution in [0.4, 0.5) is 0 Å². The van der Waals surface area contributed by atoms with E-state index in [9.17, 15) is 5.26 Å². The Balaban J connectivity index is 1.69. The summed E-state index contributed by atoms with van der Waals surface area (Å²) in [6, 6.07) is 3.14. The number of piperidine rings is 1. The van der Waals surface area contributed by atoms with E-state index in [4.69, 9.17) is 5.73 Å². The van der Waals surface area contributed by atoms with Crippen molar-refractivity contribution in [3.8, 4) is 6.07 Å². The Hall–Kier alpha value is -0.590. The van der Waals surface area contributed by atoms with Gasteiger partial charge in [-0.25, -0.2) is 0 Å². The lowest BCUT2D eigenvalue weighted by Crippen LogP contribution is -2.55. The smallest absolute Gasteiger partial charge is 0.119 e. The molecule has 3 rings (SSSR count). The summed E-state index contributed by atoms with van der Waals surface area (Å²) in [7, 11) is 0. The minimum absolute atomic E-state index is 0.467. The van der Waals surface area contributed by atoms with Crippen molar-refractivity contribution in [2.24, 2.45) is 17.6 Å². The molecule has 94 valence electrons. The number of hydrogen-bond acceptors (Lipinski definition) is 3. The summed E-state index contributed by atoms with van der Waals surface area (Å²) in [5, 5.41) is 9.37. The van der Waals surface area contributed by atoms with Crippen molar-refractivity contribution in [1.29, 1.82) is 5.26 Å². The second-order valence-electron chi connectivity index (χ2n) is 6.30. The Labute approximate surface area is 104 Å². The second kappa shape index (κ2) is 4.26. The van der Waals surface area contributed by atoms with Crippen LogP contribution in [-0.4, -0.2) is 29.6 Å². The van der Waals surface area contributed by atoms with Gasteiger partial charge in [0.05, 0.1) is 6.07 Å². The number of fused-ring (bicyclic) bond motifs is 1. The molecule has 3 fully saturated rings. The van der Waals surface area contributed by atoms with E-state index in [1.165, 1.54) is 32.1 Å². The van der Waals surface area contributed by atoms with E-state index in [2.05, 4.69) is 11.0 Å². The van der Waals surface area contributed by atoms with Gasteiger partial charge < -0.3 is 5.73 Å². The molecular weight excluding hydrogens is 210 g/mol. The molecule has 2 saturated carbocycles. The van der Waals surface area contributed by atoms with Crippen molar-refractivity contribution in [3.05, 3.63) is 0 Å². The summed E-state index contributed by atoms with van der Waals surface area (Å²) in [5.41, 5.74) is 5.75. The van der Waals surface area contributed by atoms with E-state index < -0.39 is 5.54 Å². The molecule has 3 nitrogen and oxygen atoms in total. The molecule has 1 saturated heterocycles. The summed E-state index contributed by atoms with van der Waals surface area (Å²) in [6.07, 6.45) is 9.12. The first-order valence-corrected chi connectivity index (χ1v) is 7.17. The van der Waals surface area contributed by atoms with Crippen LogP contribution in [0.25, 0.3) is 0 Å². The van der Waals surface area contributed by atoms with Crippen LogP contribution < -0.4 is 5.73 Å². The highest BCUT2D eigenvalue weighted by molar-refractivity contribution is 5.15. The van der Waals surface area contributed by atoms with Crippen molar-refractivity contribution >= 4 is 0 Å². The van der Waals surface area contributed by atoms with E-state index in [1.54, 1.807) is 0 Å². The molecule has 0 bridgehead atoms. The van der Waals surface area contributed by atoms with Crippen molar-refractivity contribution in [2.75, 3.05) is 13.1 Å². The minimum atomic E-state index is -0.565. The van der Waals surface area contributed by atoms with Gasteiger partial charge in [0.2, 0.25) is 0 Å². The average Bonchev–Trinajstić information content (AvgIpc) is 3.09. The minimum Gasteiger partial charge on any atom is -0.312 e. The van der Waals surface area contributed by atoms with Crippen LogP contribution in [0.15, 0.2) is 0 Å². The van der Waals surface area contributed by atoms with E-state index >= 15 is 0 Å². The number of hydrogen-bond donors (Lipinski definition) is 1. The summed E-state index contributed by atoms with van der Waals surface area (Å²) < 4.78 is 0. The maximum atomic E-state index is 9.37. The van der Waals surface area contributed by atoms with Gasteiger partial charge in [-0.3, -0.25) is 4.90 Å². The van der Waals surface area contributed by atoms with Crippen LogP contribution in [0.2, 0.25) is 0 Å². The Morgan fingerprint density at radius 3 is 2.65 bits per heavy atom. The molecule has 0 radical (unpaired) electrons. The number of nitrogens with zero attached hydrogens (tertiary/aromatic N) is 2. The molecule has 3 heteroatoms. The number of rotatable bonds is 3. The zero-order chi connectivity index (χ0) is 11.9. The van der Waals surface area contributed by atoms with E-state index in [0.29, 0.717) is 5.92 Å². The van der Waals surface area contributed by atoms with Crippen molar-refractivity contribution in [2.45, 2.75) is 56.5 Å². The quantitative estimate of drug-likeness (QED) is 0.810. The van der Waals surface area contributed by atoms with Crippen molar-refractivity contribution in [3.63, 3.8) is 0 Å². The molecule has 0 aromatic carbocycles. The van der Waals surface area contributed by atoms with Gasteiger partial charge in [-0.05, 0) is 56.9 Å². The Morgan fingerprint density at radius 2 is 1.94 bits per heavy atom. The lowest BCUT2D eigenvalue weighted by molar-refractivity contribution is 0.0922. The van der Waals surface area contributed by atoms with Crippen molar-refractivity contribution < 1.29 is 0 Å². The molecule has 1 aliphatic heterocycles. The normalized spacial score (nSPS) is 37.2. The molecule has 17 heavy (non-hydrogen) atoms. The highest BCUT2D eigenvalue weighted by Gasteiger charge is 2.46. The third-order valence-electron chi connectivity index (χ3n) is 5.09. The van der Waals surface area contributed by atoms with Crippen LogP contribution in [0.5, 0.6) is 0 Å². The lowest BCUT2D eigenvalue weighted by atomic mass is 9.88. The third kappa shape index (κ3) is 2.09. The molecule has 2 N–H and O–H groups in total. The first-order valence-electron chi connectivity index (χ1n) is 7.17. The van der Waals surface area contributed by atoms with Gasteiger partial charge in [0.25, 0.3) is 0 Å². The molecule has 3 aliphatic rings. The lowest BCUT2D eigenvalue weighted by Gasteiger charge is -2.41. The molecule has 2 aliphatic carbocycles. The van der Waals surface area contributed by atoms with E-state index in [-0.39, 0.29) is 0 Å². The first-order chi connectivity index (χ1) is 8.23. The molecule has 3 atom stereocenters. The first kappa shape index (κ1) is 11.5.